The molecule has 0 saturated heterocycles. The predicted octanol–water partition coefficient (Wildman–Crippen LogP) is 3.40. The Kier molecular flexibility index (Phi) is 4.96. The Hall–Kier alpha value is -2.60. The van der Waals surface area contributed by atoms with Gasteiger partial charge in [0.2, 0.25) is 0 Å². The fraction of sp³-hybridized carbons (Fsp3) is 0.222. The maximum absolute atomic E-state index is 12.6. The topological polar surface area (TPSA) is 67.8 Å². The maximum atomic E-state index is 12.6. The van der Waals surface area contributed by atoms with Crippen LogP contribution in [0, 0.1) is 6.92 Å². The summed E-state index contributed by atoms with van der Waals surface area (Å²) in [6.07, 6.45) is 2.48. The molecule has 5 nitrogen and oxygen atoms in total. The fourth-order valence-electron chi connectivity index (χ4n) is 2.30. The molecule has 3 aromatic rings. The second-order valence-corrected chi connectivity index (χ2v) is 6.26. The number of nitrogens with one attached hydrogen (secondary N) is 1. The highest BCUT2D eigenvalue weighted by atomic mass is 32.1. The molecule has 0 aliphatic rings. The number of aryl methyl sites for hydroxylation is 2. The summed E-state index contributed by atoms with van der Waals surface area (Å²) in [6, 6.07) is 9.66. The Bertz CT molecular complexity index is 845. The molecule has 24 heavy (non-hydrogen) atoms. The van der Waals surface area contributed by atoms with Gasteiger partial charge < -0.3 is 5.32 Å². The zero-order valence-electron chi connectivity index (χ0n) is 13.6. The number of aromatic nitrogens is 3. The van der Waals surface area contributed by atoms with Crippen molar-refractivity contribution in [1.29, 1.82) is 0 Å². The fourth-order valence-corrected chi connectivity index (χ4v) is 3.11. The van der Waals surface area contributed by atoms with E-state index in [1.807, 2.05) is 42.6 Å². The zero-order chi connectivity index (χ0) is 16.9. The average molecular weight is 338 g/mol. The molecule has 0 unspecified atom stereocenters. The molecular formula is C18H18N4OS. The first-order chi connectivity index (χ1) is 11.7. The van der Waals surface area contributed by atoms with Gasteiger partial charge in [0.1, 0.15) is 10.8 Å². The first-order valence-corrected chi connectivity index (χ1v) is 8.66. The predicted molar refractivity (Wildman–Crippen MR) is 94.9 cm³/mol. The zero-order valence-corrected chi connectivity index (χ0v) is 14.4. The summed E-state index contributed by atoms with van der Waals surface area (Å²) >= 11 is 1.56. The molecule has 0 fully saturated rings. The van der Waals surface area contributed by atoms with Gasteiger partial charge in [0.15, 0.2) is 0 Å². The van der Waals surface area contributed by atoms with Crippen LogP contribution in [0.5, 0.6) is 0 Å². The minimum atomic E-state index is -0.192. The highest BCUT2D eigenvalue weighted by molar-refractivity contribution is 7.09. The monoisotopic (exact) mass is 338 g/mol. The first kappa shape index (κ1) is 16.3. The van der Waals surface area contributed by atoms with Crippen LogP contribution in [0.15, 0.2) is 41.9 Å². The Morgan fingerprint density at radius 1 is 1.21 bits per heavy atom. The quantitative estimate of drug-likeness (QED) is 0.774. The van der Waals surface area contributed by atoms with Gasteiger partial charge in [-0.15, -0.1) is 11.3 Å². The number of carbonyl (C=O) groups is 1. The van der Waals surface area contributed by atoms with Crippen LogP contribution in [0.2, 0.25) is 0 Å². The summed E-state index contributed by atoms with van der Waals surface area (Å²) < 4.78 is 0. The number of benzene rings is 1. The van der Waals surface area contributed by atoms with Gasteiger partial charge in [0.25, 0.3) is 5.91 Å². The van der Waals surface area contributed by atoms with E-state index in [-0.39, 0.29) is 5.91 Å². The number of hydrogen-bond acceptors (Lipinski definition) is 5. The molecule has 0 aliphatic heterocycles. The number of carbonyl (C=O) groups excluding carboxylic acids is 1. The van der Waals surface area contributed by atoms with Gasteiger partial charge >= 0.3 is 0 Å². The third-order valence-electron chi connectivity index (χ3n) is 3.56. The molecule has 2 heterocycles. The summed E-state index contributed by atoms with van der Waals surface area (Å²) in [7, 11) is 0. The Morgan fingerprint density at radius 3 is 2.71 bits per heavy atom. The molecule has 0 bridgehead atoms. The van der Waals surface area contributed by atoms with E-state index >= 15 is 0 Å². The van der Waals surface area contributed by atoms with Gasteiger partial charge in [-0.1, -0.05) is 37.3 Å². The number of nitrogens with zero attached hydrogens (tertiary/aromatic N) is 3. The van der Waals surface area contributed by atoms with Crippen molar-refractivity contribution < 1.29 is 4.79 Å². The Labute approximate surface area is 144 Å². The van der Waals surface area contributed by atoms with Crippen molar-refractivity contribution in [3.05, 3.63) is 64.0 Å². The summed E-state index contributed by atoms with van der Waals surface area (Å²) in [4.78, 5) is 25.7. The number of thiazole rings is 1. The summed E-state index contributed by atoms with van der Waals surface area (Å²) in [5, 5.41) is 5.83. The van der Waals surface area contributed by atoms with E-state index in [0.29, 0.717) is 23.6 Å². The number of rotatable bonds is 5. The van der Waals surface area contributed by atoms with Gasteiger partial charge in [-0.3, -0.25) is 4.79 Å². The van der Waals surface area contributed by atoms with Crippen LogP contribution >= 0.6 is 11.3 Å². The number of hydrogen-bond donors (Lipinski definition) is 1. The third kappa shape index (κ3) is 3.65. The van der Waals surface area contributed by atoms with Crippen molar-refractivity contribution in [2.75, 3.05) is 0 Å². The maximum Gasteiger partial charge on any atom is 0.255 e. The Morgan fingerprint density at radius 2 is 2.00 bits per heavy atom. The van der Waals surface area contributed by atoms with Gasteiger partial charge in [-0.25, -0.2) is 15.0 Å². The van der Waals surface area contributed by atoms with E-state index in [9.17, 15) is 4.79 Å². The van der Waals surface area contributed by atoms with Gasteiger partial charge in [0.05, 0.1) is 23.5 Å². The molecular weight excluding hydrogens is 320 g/mol. The van der Waals surface area contributed by atoms with Crippen LogP contribution < -0.4 is 5.32 Å². The lowest BCUT2D eigenvalue weighted by atomic mass is 10.1. The first-order valence-electron chi connectivity index (χ1n) is 7.78. The average Bonchev–Trinajstić information content (AvgIpc) is 3.08. The molecule has 2 aromatic heterocycles. The van der Waals surface area contributed by atoms with Crippen LogP contribution in [0.1, 0.15) is 33.8 Å². The summed E-state index contributed by atoms with van der Waals surface area (Å²) in [6.45, 7) is 4.29. The van der Waals surface area contributed by atoms with Crippen molar-refractivity contribution in [2.24, 2.45) is 0 Å². The van der Waals surface area contributed by atoms with Crippen molar-refractivity contribution in [1.82, 2.24) is 20.3 Å². The van der Waals surface area contributed by atoms with Crippen LogP contribution in [-0.4, -0.2) is 20.9 Å². The molecule has 1 aromatic carbocycles. The minimum absolute atomic E-state index is 0.192. The van der Waals surface area contributed by atoms with Gasteiger partial charge in [0, 0.05) is 17.1 Å². The van der Waals surface area contributed by atoms with Crippen LogP contribution in [0.25, 0.3) is 11.3 Å². The molecule has 6 heteroatoms. The van der Waals surface area contributed by atoms with E-state index in [0.717, 1.165) is 22.7 Å². The highest BCUT2D eigenvalue weighted by Gasteiger charge is 2.15. The van der Waals surface area contributed by atoms with Crippen molar-refractivity contribution >= 4 is 17.2 Å². The summed E-state index contributed by atoms with van der Waals surface area (Å²) in [5.74, 6) is 0.444. The van der Waals surface area contributed by atoms with E-state index in [4.69, 9.17) is 0 Å². The van der Waals surface area contributed by atoms with Gasteiger partial charge in [-0.2, -0.15) is 0 Å². The molecule has 0 aliphatic carbocycles. The second kappa shape index (κ2) is 7.31. The smallest absolute Gasteiger partial charge is 0.255 e. The van der Waals surface area contributed by atoms with Crippen molar-refractivity contribution in [2.45, 2.75) is 26.8 Å². The molecule has 0 spiro atoms. The molecule has 0 radical (unpaired) electrons. The minimum Gasteiger partial charge on any atom is -0.345 e. The molecule has 122 valence electrons. The SMILES string of the molecule is CCc1csc(CNC(=O)c2cnc(C)nc2-c2ccccc2)n1. The van der Waals surface area contributed by atoms with Crippen LogP contribution in [0.3, 0.4) is 0 Å². The van der Waals surface area contributed by atoms with Crippen molar-refractivity contribution in [3.63, 3.8) is 0 Å². The lowest BCUT2D eigenvalue weighted by Gasteiger charge is -2.09. The number of amides is 1. The molecule has 0 saturated carbocycles. The lowest BCUT2D eigenvalue weighted by molar-refractivity contribution is 0.0951. The summed E-state index contributed by atoms with van der Waals surface area (Å²) in [5.41, 5.74) is 3.07. The molecule has 1 amide bonds. The second-order valence-electron chi connectivity index (χ2n) is 5.31. The van der Waals surface area contributed by atoms with E-state index in [1.54, 1.807) is 17.5 Å². The molecule has 0 atom stereocenters. The van der Waals surface area contributed by atoms with Crippen molar-refractivity contribution in [3.8, 4) is 11.3 Å². The van der Waals surface area contributed by atoms with E-state index in [1.165, 1.54) is 0 Å². The Balaban J connectivity index is 1.82. The normalized spacial score (nSPS) is 10.6. The van der Waals surface area contributed by atoms with Crippen LogP contribution in [-0.2, 0) is 13.0 Å². The molecule has 1 N–H and O–H groups in total. The largest absolute Gasteiger partial charge is 0.345 e. The van der Waals surface area contributed by atoms with Gasteiger partial charge in [-0.05, 0) is 13.3 Å². The van der Waals surface area contributed by atoms with E-state index < -0.39 is 0 Å². The molecule has 3 rings (SSSR count). The standard InChI is InChI=1S/C18H18N4OS/c1-3-14-11-24-16(22-14)10-20-18(23)15-9-19-12(2)21-17(15)13-7-5-4-6-8-13/h4-9,11H,3,10H2,1-2H3,(H,20,23). The van der Waals surface area contributed by atoms with E-state index in [2.05, 4.69) is 27.2 Å². The lowest BCUT2D eigenvalue weighted by Crippen LogP contribution is -2.24. The highest BCUT2D eigenvalue weighted by Crippen LogP contribution is 2.21. The third-order valence-corrected chi connectivity index (χ3v) is 4.46. The van der Waals surface area contributed by atoms with Crippen LogP contribution in [0.4, 0.5) is 0 Å².